The first-order chi connectivity index (χ1) is 14.2. The number of hydrogen-bond donors (Lipinski definition) is 2. The van der Waals surface area contributed by atoms with Crippen LogP contribution >= 0.6 is 0 Å². The van der Waals surface area contributed by atoms with Crippen molar-refractivity contribution in [1.29, 1.82) is 0 Å². The Morgan fingerprint density at radius 1 is 0.897 bits per heavy atom. The summed E-state index contributed by atoms with van der Waals surface area (Å²) in [6.45, 7) is 2.80. The summed E-state index contributed by atoms with van der Waals surface area (Å²) in [5, 5.41) is 10.7. The number of H-pyrrole nitrogens is 1. The van der Waals surface area contributed by atoms with Crippen molar-refractivity contribution in [1.82, 2.24) is 14.5 Å². The minimum atomic E-state index is -0.141. The number of rotatable bonds is 13. The van der Waals surface area contributed by atoms with E-state index >= 15 is 0 Å². The fourth-order valence-electron chi connectivity index (χ4n) is 5.42. The zero-order valence-corrected chi connectivity index (χ0v) is 18.6. The molecule has 1 aromatic heterocycles. The first-order valence-corrected chi connectivity index (χ1v) is 12.5. The molecule has 0 bridgehead atoms. The van der Waals surface area contributed by atoms with Crippen molar-refractivity contribution < 1.29 is 5.11 Å². The van der Waals surface area contributed by atoms with Gasteiger partial charge in [-0.15, -0.1) is 0 Å². The number of aromatic hydroxyl groups is 1. The Kier molecular flexibility index (Phi) is 9.16. The minimum absolute atomic E-state index is 0.141. The van der Waals surface area contributed by atoms with E-state index in [9.17, 15) is 9.90 Å². The Hall–Kier alpha value is -1.23. The number of hydrogen-bond acceptors (Lipinski definition) is 3. The van der Waals surface area contributed by atoms with Crippen molar-refractivity contribution in [3.63, 3.8) is 0 Å². The lowest BCUT2D eigenvalue weighted by atomic mass is 10.1. The van der Waals surface area contributed by atoms with E-state index < -0.39 is 0 Å². The van der Waals surface area contributed by atoms with E-state index in [1.165, 1.54) is 96.3 Å². The van der Waals surface area contributed by atoms with Crippen LogP contribution in [0.25, 0.3) is 0 Å². The smallest absolute Gasteiger partial charge is 0.329 e. The minimum Gasteiger partial charge on any atom is -0.493 e. The summed E-state index contributed by atoms with van der Waals surface area (Å²) in [6, 6.07) is 1.16. The van der Waals surface area contributed by atoms with Crippen LogP contribution in [-0.2, 0) is 13.1 Å². The summed E-state index contributed by atoms with van der Waals surface area (Å²) < 4.78 is 1.59. The van der Waals surface area contributed by atoms with E-state index in [4.69, 9.17) is 0 Å². The molecule has 0 radical (unpaired) electrons. The lowest BCUT2D eigenvalue weighted by Gasteiger charge is -2.34. The van der Waals surface area contributed by atoms with Crippen LogP contribution in [-0.4, -0.2) is 31.6 Å². The van der Waals surface area contributed by atoms with Crippen molar-refractivity contribution in [2.45, 2.75) is 135 Å². The van der Waals surface area contributed by atoms with E-state index in [0.717, 1.165) is 18.5 Å². The molecule has 2 aliphatic carbocycles. The molecule has 166 valence electrons. The maximum Gasteiger partial charge on any atom is 0.329 e. The van der Waals surface area contributed by atoms with Crippen molar-refractivity contribution in [2.24, 2.45) is 0 Å². The van der Waals surface area contributed by atoms with E-state index in [-0.39, 0.29) is 11.6 Å². The number of aromatic amines is 1. The third kappa shape index (κ3) is 6.37. The highest BCUT2D eigenvalue weighted by molar-refractivity contribution is 5.18. The summed E-state index contributed by atoms with van der Waals surface area (Å²) in [5.41, 5.74) is 0.594. The number of nitrogens with zero attached hydrogens (tertiary/aromatic N) is 2. The predicted molar refractivity (Wildman–Crippen MR) is 119 cm³/mol. The van der Waals surface area contributed by atoms with Gasteiger partial charge in [0.15, 0.2) is 0 Å². The van der Waals surface area contributed by atoms with Gasteiger partial charge in [0.1, 0.15) is 0 Å². The summed E-state index contributed by atoms with van der Waals surface area (Å²) >= 11 is 0. The summed E-state index contributed by atoms with van der Waals surface area (Å²) in [4.78, 5) is 18.1. The Labute approximate surface area is 176 Å². The molecular weight excluding hydrogens is 362 g/mol. The van der Waals surface area contributed by atoms with E-state index in [0.29, 0.717) is 18.8 Å². The van der Waals surface area contributed by atoms with Gasteiger partial charge in [-0.3, -0.25) is 4.90 Å². The predicted octanol–water partition coefficient (Wildman–Crippen LogP) is 5.71. The highest BCUT2D eigenvalue weighted by Crippen LogP contribution is 2.32. The van der Waals surface area contributed by atoms with Gasteiger partial charge in [0.05, 0.1) is 12.4 Å². The summed E-state index contributed by atoms with van der Waals surface area (Å²) in [5.74, 6) is 0.180. The van der Waals surface area contributed by atoms with E-state index in [1.54, 1.807) is 4.57 Å². The molecule has 5 nitrogen and oxygen atoms in total. The molecule has 2 aliphatic rings. The Morgan fingerprint density at radius 2 is 1.41 bits per heavy atom. The zero-order chi connectivity index (χ0) is 20.5. The number of imidazole rings is 1. The second-order valence-corrected chi connectivity index (χ2v) is 9.42. The number of aromatic nitrogens is 2. The molecule has 0 spiro atoms. The van der Waals surface area contributed by atoms with Crippen LogP contribution in [0.4, 0.5) is 0 Å². The van der Waals surface area contributed by atoms with Crippen LogP contribution in [0.3, 0.4) is 0 Å². The van der Waals surface area contributed by atoms with Gasteiger partial charge in [-0.05, 0) is 38.5 Å². The second-order valence-electron chi connectivity index (χ2n) is 9.42. The lowest BCUT2D eigenvalue weighted by molar-refractivity contribution is 0.0920. The number of nitrogens with one attached hydrogen (secondary N) is 1. The molecule has 0 unspecified atom stereocenters. The van der Waals surface area contributed by atoms with Crippen LogP contribution in [0.1, 0.15) is 115 Å². The van der Waals surface area contributed by atoms with Crippen molar-refractivity contribution in [2.75, 3.05) is 0 Å². The first kappa shape index (κ1) is 22.5. The molecule has 5 heteroatoms. The quantitative estimate of drug-likeness (QED) is 0.413. The molecule has 29 heavy (non-hydrogen) atoms. The van der Waals surface area contributed by atoms with Gasteiger partial charge >= 0.3 is 5.69 Å². The van der Waals surface area contributed by atoms with Crippen LogP contribution in [0.2, 0.25) is 0 Å². The van der Waals surface area contributed by atoms with Gasteiger partial charge in [-0.2, -0.15) is 0 Å². The topological polar surface area (TPSA) is 61.3 Å². The van der Waals surface area contributed by atoms with Gasteiger partial charge in [0, 0.05) is 12.1 Å². The monoisotopic (exact) mass is 405 g/mol. The number of unbranched alkanes of at least 4 members (excludes halogenated alkanes) is 7. The van der Waals surface area contributed by atoms with Crippen molar-refractivity contribution in [3.8, 4) is 5.88 Å². The molecule has 0 amide bonds. The van der Waals surface area contributed by atoms with Gasteiger partial charge in [-0.1, -0.05) is 77.6 Å². The normalized spacial score (nSPS) is 18.4. The highest BCUT2D eigenvalue weighted by atomic mass is 16.3. The Balaban J connectivity index is 1.52. The molecule has 1 aromatic rings. The first-order valence-electron chi connectivity index (χ1n) is 12.5. The molecule has 0 saturated heterocycles. The van der Waals surface area contributed by atoms with Gasteiger partial charge in [0.25, 0.3) is 0 Å². The molecular formula is C24H43N3O2. The Bertz CT molecular complexity index is 623. The van der Waals surface area contributed by atoms with Gasteiger partial charge < -0.3 is 10.1 Å². The summed E-state index contributed by atoms with van der Waals surface area (Å²) in [7, 11) is 0. The third-order valence-electron chi connectivity index (χ3n) is 7.20. The van der Waals surface area contributed by atoms with Crippen LogP contribution in [0, 0.1) is 0 Å². The van der Waals surface area contributed by atoms with Gasteiger partial charge in [0.2, 0.25) is 5.88 Å². The molecule has 1 heterocycles. The molecule has 3 rings (SSSR count). The van der Waals surface area contributed by atoms with Crippen LogP contribution in [0.5, 0.6) is 5.88 Å². The van der Waals surface area contributed by atoms with Gasteiger partial charge in [-0.25, -0.2) is 9.36 Å². The standard InChI is InChI=1S/C24H43N3O2/c1-2-3-4-5-6-7-8-9-18-22-23(28)27(24(29)25-22)19-26(20-14-10-11-15-20)21-16-12-13-17-21/h20-21,28H,2-19H2,1H3,(H,25,29). The SMILES string of the molecule is CCCCCCCCCCc1[nH]c(=O)n(CN(C2CCCC2)C2CCCC2)c1O. The average Bonchev–Trinajstić information content (AvgIpc) is 3.47. The molecule has 0 atom stereocenters. The third-order valence-corrected chi connectivity index (χ3v) is 7.20. The maximum atomic E-state index is 12.6. The molecule has 0 aromatic carbocycles. The molecule has 2 fully saturated rings. The van der Waals surface area contributed by atoms with Crippen molar-refractivity contribution in [3.05, 3.63) is 16.2 Å². The lowest BCUT2D eigenvalue weighted by Crippen LogP contribution is -2.43. The van der Waals surface area contributed by atoms with Crippen molar-refractivity contribution >= 4 is 0 Å². The molecule has 2 saturated carbocycles. The van der Waals surface area contributed by atoms with Crippen LogP contribution < -0.4 is 5.69 Å². The summed E-state index contributed by atoms with van der Waals surface area (Å²) in [6.07, 6.45) is 21.0. The fraction of sp³-hybridized carbons (Fsp3) is 0.875. The van der Waals surface area contributed by atoms with E-state index in [1.807, 2.05) is 0 Å². The highest BCUT2D eigenvalue weighted by Gasteiger charge is 2.31. The fourth-order valence-corrected chi connectivity index (χ4v) is 5.42. The number of aryl methyl sites for hydroxylation is 1. The second kappa shape index (κ2) is 11.8. The molecule has 0 aliphatic heterocycles. The largest absolute Gasteiger partial charge is 0.493 e. The molecule has 2 N–H and O–H groups in total. The van der Waals surface area contributed by atoms with Crippen LogP contribution in [0.15, 0.2) is 4.79 Å². The zero-order valence-electron chi connectivity index (χ0n) is 18.6. The average molecular weight is 406 g/mol. The maximum absolute atomic E-state index is 12.6. The van der Waals surface area contributed by atoms with E-state index in [2.05, 4.69) is 16.8 Å². The Morgan fingerprint density at radius 3 is 1.97 bits per heavy atom.